The first-order valence-electron chi connectivity index (χ1n) is 5.21. The lowest BCUT2D eigenvalue weighted by molar-refractivity contribution is 0.0656. The van der Waals surface area contributed by atoms with Crippen molar-refractivity contribution in [3.63, 3.8) is 0 Å². The SMILES string of the molecule is CC(C)OCc1cnc2ccccc2c1. The Kier molecular flexibility index (Phi) is 2.97. The van der Waals surface area contributed by atoms with Crippen molar-refractivity contribution < 1.29 is 4.74 Å². The van der Waals surface area contributed by atoms with E-state index in [4.69, 9.17) is 4.74 Å². The van der Waals surface area contributed by atoms with Crippen LogP contribution in [0.25, 0.3) is 10.9 Å². The Morgan fingerprint density at radius 1 is 1.27 bits per heavy atom. The van der Waals surface area contributed by atoms with E-state index in [0.29, 0.717) is 6.61 Å². The molecule has 1 aromatic carbocycles. The molecular weight excluding hydrogens is 186 g/mol. The van der Waals surface area contributed by atoms with E-state index in [-0.39, 0.29) is 6.10 Å². The summed E-state index contributed by atoms with van der Waals surface area (Å²) in [4.78, 5) is 4.38. The predicted octanol–water partition coefficient (Wildman–Crippen LogP) is 3.16. The van der Waals surface area contributed by atoms with Crippen LogP contribution in [0.5, 0.6) is 0 Å². The van der Waals surface area contributed by atoms with Crippen LogP contribution in [0.4, 0.5) is 0 Å². The molecule has 0 N–H and O–H groups in total. The number of hydrogen-bond donors (Lipinski definition) is 0. The highest BCUT2D eigenvalue weighted by atomic mass is 16.5. The van der Waals surface area contributed by atoms with Crippen LogP contribution in [-0.4, -0.2) is 11.1 Å². The third-order valence-electron chi connectivity index (χ3n) is 2.23. The molecule has 1 heterocycles. The maximum Gasteiger partial charge on any atom is 0.0735 e. The molecule has 2 heteroatoms. The van der Waals surface area contributed by atoms with Crippen molar-refractivity contribution in [3.05, 3.63) is 42.1 Å². The number of aromatic nitrogens is 1. The molecule has 0 fully saturated rings. The van der Waals surface area contributed by atoms with Crippen molar-refractivity contribution in [1.82, 2.24) is 4.98 Å². The molecule has 0 atom stereocenters. The third kappa shape index (κ3) is 2.54. The minimum Gasteiger partial charge on any atom is -0.374 e. The minimum absolute atomic E-state index is 0.261. The summed E-state index contributed by atoms with van der Waals surface area (Å²) in [6, 6.07) is 10.2. The zero-order valence-corrected chi connectivity index (χ0v) is 9.10. The molecule has 2 nitrogen and oxygen atoms in total. The van der Waals surface area contributed by atoms with Gasteiger partial charge in [0.05, 0.1) is 18.2 Å². The van der Waals surface area contributed by atoms with E-state index in [0.717, 1.165) is 11.1 Å². The third-order valence-corrected chi connectivity index (χ3v) is 2.23. The molecule has 0 unspecified atom stereocenters. The van der Waals surface area contributed by atoms with Crippen molar-refractivity contribution >= 4 is 10.9 Å². The Morgan fingerprint density at radius 3 is 2.87 bits per heavy atom. The summed E-state index contributed by atoms with van der Waals surface area (Å²) in [6.45, 7) is 4.71. The van der Waals surface area contributed by atoms with Gasteiger partial charge in [0.25, 0.3) is 0 Å². The predicted molar refractivity (Wildman–Crippen MR) is 61.7 cm³/mol. The van der Waals surface area contributed by atoms with Crippen LogP contribution in [0.3, 0.4) is 0 Å². The molecule has 0 radical (unpaired) electrons. The largest absolute Gasteiger partial charge is 0.374 e. The number of benzene rings is 1. The molecule has 0 saturated heterocycles. The van der Waals surface area contributed by atoms with Crippen LogP contribution in [-0.2, 0) is 11.3 Å². The standard InChI is InChI=1S/C13H15NO/c1-10(2)15-9-11-7-12-5-3-4-6-13(12)14-8-11/h3-8,10H,9H2,1-2H3. The second-order valence-electron chi connectivity index (χ2n) is 3.90. The van der Waals surface area contributed by atoms with E-state index in [1.165, 1.54) is 5.39 Å². The molecule has 1 aromatic heterocycles. The number of pyridine rings is 1. The fraction of sp³-hybridized carbons (Fsp3) is 0.308. The lowest BCUT2D eigenvalue weighted by Gasteiger charge is -2.07. The monoisotopic (exact) mass is 201 g/mol. The number of para-hydroxylation sites is 1. The first kappa shape index (κ1) is 10.1. The Morgan fingerprint density at radius 2 is 2.07 bits per heavy atom. The van der Waals surface area contributed by atoms with Gasteiger partial charge in [-0.25, -0.2) is 0 Å². The summed E-state index contributed by atoms with van der Waals surface area (Å²) in [5.74, 6) is 0. The number of nitrogens with zero attached hydrogens (tertiary/aromatic N) is 1. The zero-order chi connectivity index (χ0) is 10.7. The molecule has 0 saturated carbocycles. The van der Waals surface area contributed by atoms with Gasteiger partial charge in [-0.05, 0) is 31.5 Å². The number of fused-ring (bicyclic) bond motifs is 1. The number of rotatable bonds is 3. The normalized spacial score (nSPS) is 11.1. The van der Waals surface area contributed by atoms with Crippen molar-refractivity contribution in [3.8, 4) is 0 Å². The minimum atomic E-state index is 0.261. The molecule has 0 aliphatic rings. The zero-order valence-electron chi connectivity index (χ0n) is 9.10. The highest BCUT2D eigenvalue weighted by molar-refractivity contribution is 5.78. The molecule has 2 aromatic rings. The van der Waals surface area contributed by atoms with Crippen LogP contribution in [0.2, 0.25) is 0 Å². The van der Waals surface area contributed by atoms with Gasteiger partial charge in [0.2, 0.25) is 0 Å². The highest BCUT2D eigenvalue weighted by Gasteiger charge is 1.99. The van der Waals surface area contributed by atoms with Crippen molar-refractivity contribution in [2.24, 2.45) is 0 Å². The Hall–Kier alpha value is -1.41. The van der Waals surface area contributed by atoms with Gasteiger partial charge < -0.3 is 4.74 Å². The second-order valence-corrected chi connectivity index (χ2v) is 3.90. The van der Waals surface area contributed by atoms with E-state index in [1.807, 2.05) is 38.2 Å². The first-order chi connectivity index (χ1) is 7.25. The van der Waals surface area contributed by atoms with Crippen LogP contribution in [0.15, 0.2) is 36.5 Å². The van der Waals surface area contributed by atoms with Crippen LogP contribution >= 0.6 is 0 Å². The Bertz CT molecular complexity index is 451. The maximum atomic E-state index is 5.54. The summed E-state index contributed by atoms with van der Waals surface area (Å²) >= 11 is 0. The summed E-state index contributed by atoms with van der Waals surface area (Å²) in [5.41, 5.74) is 2.16. The molecule has 0 aliphatic carbocycles. The molecule has 0 bridgehead atoms. The van der Waals surface area contributed by atoms with E-state index < -0.39 is 0 Å². The molecule has 78 valence electrons. The van der Waals surface area contributed by atoms with E-state index >= 15 is 0 Å². The molecule has 0 spiro atoms. The quantitative estimate of drug-likeness (QED) is 0.761. The molecule has 0 aliphatic heterocycles. The topological polar surface area (TPSA) is 22.1 Å². The molecule has 2 rings (SSSR count). The summed E-state index contributed by atoms with van der Waals surface area (Å²) in [6.07, 6.45) is 2.14. The van der Waals surface area contributed by atoms with Crippen LogP contribution < -0.4 is 0 Å². The van der Waals surface area contributed by atoms with Gasteiger partial charge in [-0.1, -0.05) is 18.2 Å². The Labute approximate surface area is 89.9 Å². The van der Waals surface area contributed by atoms with E-state index in [2.05, 4.69) is 17.1 Å². The second kappa shape index (κ2) is 4.41. The number of hydrogen-bond acceptors (Lipinski definition) is 2. The lowest BCUT2D eigenvalue weighted by atomic mass is 10.2. The fourth-order valence-electron chi connectivity index (χ4n) is 1.46. The fourth-order valence-corrected chi connectivity index (χ4v) is 1.46. The van der Waals surface area contributed by atoms with E-state index in [1.54, 1.807) is 0 Å². The molecule has 15 heavy (non-hydrogen) atoms. The summed E-state index contributed by atoms with van der Waals surface area (Å²) in [7, 11) is 0. The van der Waals surface area contributed by atoms with Gasteiger partial charge >= 0.3 is 0 Å². The van der Waals surface area contributed by atoms with Gasteiger partial charge in [-0.15, -0.1) is 0 Å². The van der Waals surface area contributed by atoms with Crippen LogP contribution in [0.1, 0.15) is 19.4 Å². The number of ether oxygens (including phenoxy) is 1. The maximum absolute atomic E-state index is 5.54. The van der Waals surface area contributed by atoms with Gasteiger partial charge in [-0.2, -0.15) is 0 Å². The van der Waals surface area contributed by atoms with Gasteiger partial charge in [0.15, 0.2) is 0 Å². The summed E-state index contributed by atoms with van der Waals surface area (Å²) < 4.78 is 5.54. The lowest BCUT2D eigenvalue weighted by Crippen LogP contribution is -2.02. The Balaban J connectivity index is 2.23. The average Bonchev–Trinajstić information content (AvgIpc) is 2.26. The highest BCUT2D eigenvalue weighted by Crippen LogP contribution is 2.13. The van der Waals surface area contributed by atoms with Gasteiger partial charge in [-0.3, -0.25) is 4.98 Å². The smallest absolute Gasteiger partial charge is 0.0735 e. The van der Waals surface area contributed by atoms with Gasteiger partial charge in [0.1, 0.15) is 0 Å². The van der Waals surface area contributed by atoms with E-state index in [9.17, 15) is 0 Å². The average molecular weight is 201 g/mol. The molecular formula is C13H15NO. The summed E-state index contributed by atoms with van der Waals surface area (Å²) in [5, 5.41) is 1.17. The molecule has 0 amide bonds. The van der Waals surface area contributed by atoms with Crippen molar-refractivity contribution in [2.75, 3.05) is 0 Å². The first-order valence-corrected chi connectivity index (χ1v) is 5.21. The van der Waals surface area contributed by atoms with Crippen LogP contribution in [0, 0.1) is 0 Å². The van der Waals surface area contributed by atoms with Crippen molar-refractivity contribution in [1.29, 1.82) is 0 Å². The van der Waals surface area contributed by atoms with Gasteiger partial charge in [0, 0.05) is 11.6 Å². The van der Waals surface area contributed by atoms with Crippen molar-refractivity contribution in [2.45, 2.75) is 26.6 Å².